The van der Waals surface area contributed by atoms with E-state index in [2.05, 4.69) is 25.3 Å². The lowest BCUT2D eigenvalue weighted by Gasteiger charge is -2.14. The van der Waals surface area contributed by atoms with Crippen LogP contribution in [-0.2, 0) is 0 Å². The van der Waals surface area contributed by atoms with E-state index in [9.17, 15) is 0 Å². The fourth-order valence-corrected chi connectivity index (χ4v) is 1.69. The molecule has 0 heteroatoms. The molecule has 0 amide bonds. The predicted molar refractivity (Wildman–Crippen MR) is 59.6 cm³/mol. The van der Waals surface area contributed by atoms with Gasteiger partial charge in [0.25, 0.3) is 0 Å². The van der Waals surface area contributed by atoms with Gasteiger partial charge in [-0.25, -0.2) is 0 Å². The summed E-state index contributed by atoms with van der Waals surface area (Å²) in [7, 11) is 0. The molecule has 0 radical (unpaired) electrons. The first-order valence-corrected chi connectivity index (χ1v) is 4.98. The van der Waals surface area contributed by atoms with E-state index in [4.69, 9.17) is 0 Å². The van der Waals surface area contributed by atoms with Crippen molar-refractivity contribution in [1.29, 1.82) is 0 Å². The normalized spacial score (nSPS) is 19.7. The monoisotopic (exact) mass is 174 g/mol. The van der Waals surface area contributed by atoms with Gasteiger partial charge < -0.3 is 0 Å². The van der Waals surface area contributed by atoms with Crippen molar-refractivity contribution >= 4 is 0 Å². The summed E-state index contributed by atoms with van der Waals surface area (Å²) in [5.74, 6) is 0. The van der Waals surface area contributed by atoms with Crippen molar-refractivity contribution in [2.75, 3.05) is 0 Å². The van der Waals surface area contributed by atoms with E-state index in [1.165, 1.54) is 31.3 Å². The lowest BCUT2D eigenvalue weighted by atomic mass is 9.92. The van der Waals surface area contributed by atoms with Crippen molar-refractivity contribution in [1.82, 2.24) is 0 Å². The van der Waals surface area contributed by atoms with Crippen LogP contribution in [0.1, 0.15) is 32.1 Å². The van der Waals surface area contributed by atoms with Gasteiger partial charge in [-0.2, -0.15) is 0 Å². The summed E-state index contributed by atoms with van der Waals surface area (Å²) < 4.78 is 0. The van der Waals surface area contributed by atoms with Crippen LogP contribution in [0.2, 0.25) is 0 Å². The molecule has 0 nitrogen and oxygen atoms in total. The highest BCUT2D eigenvalue weighted by molar-refractivity contribution is 5.29. The van der Waals surface area contributed by atoms with Gasteiger partial charge in [0.2, 0.25) is 0 Å². The minimum Gasteiger partial charge on any atom is -0.103 e. The van der Waals surface area contributed by atoms with Crippen LogP contribution >= 0.6 is 0 Å². The summed E-state index contributed by atoms with van der Waals surface area (Å²) in [6.07, 6.45) is 14.4. The van der Waals surface area contributed by atoms with Crippen molar-refractivity contribution in [3.05, 3.63) is 48.6 Å². The van der Waals surface area contributed by atoms with Crippen LogP contribution < -0.4 is 0 Å². The van der Waals surface area contributed by atoms with E-state index in [-0.39, 0.29) is 0 Å². The Labute approximate surface area is 81.4 Å². The third-order valence-corrected chi connectivity index (χ3v) is 2.35. The van der Waals surface area contributed by atoms with Gasteiger partial charge >= 0.3 is 0 Å². The zero-order valence-corrected chi connectivity index (χ0v) is 8.26. The maximum absolute atomic E-state index is 3.74. The van der Waals surface area contributed by atoms with Crippen LogP contribution in [0.15, 0.2) is 48.6 Å². The molecule has 0 N–H and O–H groups in total. The number of rotatable bonds is 4. The standard InChI is InChI=1S/C13H18/c1-3-5-8-13-10-6-9-12(11-13)7-4-2/h3-4,7,11H,1-2,5-6,8-10H2/b12-7-. The maximum Gasteiger partial charge on any atom is -0.0276 e. The largest absolute Gasteiger partial charge is 0.103 e. The van der Waals surface area contributed by atoms with Gasteiger partial charge in [-0.1, -0.05) is 36.5 Å². The molecule has 0 aliphatic heterocycles. The summed E-state index contributed by atoms with van der Waals surface area (Å²) in [6.45, 7) is 7.46. The molecule has 0 saturated carbocycles. The Bertz CT molecular complexity index is 241. The van der Waals surface area contributed by atoms with E-state index in [0.717, 1.165) is 6.42 Å². The van der Waals surface area contributed by atoms with E-state index >= 15 is 0 Å². The fourth-order valence-electron chi connectivity index (χ4n) is 1.69. The smallest absolute Gasteiger partial charge is 0.0276 e. The van der Waals surface area contributed by atoms with E-state index in [1.807, 2.05) is 12.2 Å². The summed E-state index contributed by atoms with van der Waals surface area (Å²) in [5.41, 5.74) is 3.00. The third-order valence-electron chi connectivity index (χ3n) is 2.35. The van der Waals surface area contributed by atoms with E-state index < -0.39 is 0 Å². The van der Waals surface area contributed by atoms with Gasteiger partial charge in [0.15, 0.2) is 0 Å². The molecule has 0 spiro atoms. The summed E-state index contributed by atoms with van der Waals surface area (Å²) in [6, 6.07) is 0. The molecule has 0 unspecified atom stereocenters. The molecule has 13 heavy (non-hydrogen) atoms. The van der Waals surface area contributed by atoms with Gasteiger partial charge in [0, 0.05) is 0 Å². The number of hydrogen-bond acceptors (Lipinski definition) is 0. The molecule has 0 aromatic carbocycles. The second kappa shape index (κ2) is 5.58. The molecule has 0 fully saturated rings. The van der Waals surface area contributed by atoms with Crippen molar-refractivity contribution in [3.63, 3.8) is 0 Å². The van der Waals surface area contributed by atoms with Gasteiger partial charge in [-0.3, -0.25) is 0 Å². The predicted octanol–water partition coefficient (Wildman–Crippen LogP) is 4.18. The molecule has 1 aliphatic carbocycles. The molecule has 0 aromatic heterocycles. The van der Waals surface area contributed by atoms with E-state index in [1.54, 1.807) is 5.57 Å². The Kier molecular flexibility index (Phi) is 4.31. The summed E-state index contributed by atoms with van der Waals surface area (Å²) >= 11 is 0. The van der Waals surface area contributed by atoms with Gasteiger partial charge in [-0.05, 0) is 37.7 Å². The first kappa shape index (κ1) is 10.0. The third kappa shape index (κ3) is 3.45. The summed E-state index contributed by atoms with van der Waals surface area (Å²) in [4.78, 5) is 0. The Morgan fingerprint density at radius 2 is 2.15 bits per heavy atom. The first-order chi connectivity index (χ1) is 6.36. The lowest BCUT2D eigenvalue weighted by molar-refractivity contribution is 0.744. The van der Waals surface area contributed by atoms with Crippen molar-refractivity contribution in [3.8, 4) is 0 Å². The van der Waals surface area contributed by atoms with Crippen molar-refractivity contribution in [2.24, 2.45) is 0 Å². The Morgan fingerprint density at radius 1 is 1.31 bits per heavy atom. The van der Waals surface area contributed by atoms with Crippen LogP contribution in [0.4, 0.5) is 0 Å². The van der Waals surface area contributed by atoms with Crippen molar-refractivity contribution in [2.45, 2.75) is 32.1 Å². The minimum absolute atomic E-state index is 1.10. The molecular formula is C13H18. The first-order valence-electron chi connectivity index (χ1n) is 4.98. The zero-order valence-electron chi connectivity index (χ0n) is 8.26. The SMILES string of the molecule is C=C/C=C1\C=C(CCC=C)CCC1. The molecule has 0 heterocycles. The Hall–Kier alpha value is -1.04. The van der Waals surface area contributed by atoms with Crippen LogP contribution in [0, 0.1) is 0 Å². The molecule has 0 bridgehead atoms. The van der Waals surface area contributed by atoms with Crippen LogP contribution in [-0.4, -0.2) is 0 Å². The van der Waals surface area contributed by atoms with Gasteiger partial charge in [0.1, 0.15) is 0 Å². The Morgan fingerprint density at radius 3 is 2.85 bits per heavy atom. The van der Waals surface area contributed by atoms with Gasteiger partial charge in [0.05, 0.1) is 0 Å². The zero-order chi connectivity index (χ0) is 9.52. The van der Waals surface area contributed by atoms with Gasteiger partial charge in [-0.15, -0.1) is 6.58 Å². The van der Waals surface area contributed by atoms with Crippen LogP contribution in [0.5, 0.6) is 0 Å². The number of hydrogen-bond donors (Lipinski definition) is 0. The molecular weight excluding hydrogens is 156 g/mol. The van der Waals surface area contributed by atoms with Crippen LogP contribution in [0.3, 0.4) is 0 Å². The average Bonchev–Trinajstić information content (AvgIpc) is 2.16. The molecule has 1 rings (SSSR count). The summed E-state index contributed by atoms with van der Waals surface area (Å²) in [5, 5.41) is 0. The molecule has 1 aliphatic rings. The second-order valence-electron chi connectivity index (χ2n) is 3.46. The van der Waals surface area contributed by atoms with Crippen molar-refractivity contribution < 1.29 is 0 Å². The highest BCUT2D eigenvalue weighted by Crippen LogP contribution is 2.25. The van der Waals surface area contributed by atoms with Crippen LogP contribution in [0.25, 0.3) is 0 Å². The highest BCUT2D eigenvalue weighted by Gasteiger charge is 2.05. The Balaban J connectivity index is 2.57. The molecule has 0 aromatic rings. The lowest BCUT2D eigenvalue weighted by Crippen LogP contribution is -1.94. The second-order valence-corrected chi connectivity index (χ2v) is 3.46. The fraction of sp³-hybridized carbons (Fsp3) is 0.385. The minimum atomic E-state index is 1.10. The number of allylic oxidation sites excluding steroid dienone is 6. The topological polar surface area (TPSA) is 0 Å². The quantitative estimate of drug-likeness (QED) is 0.561. The molecule has 70 valence electrons. The molecule has 0 atom stereocenters. The van der Waals surface area contributed by atoms with E-state index in [0.29, 0.717) is 0 Å². The maximum atomic E-state index is 3.74. The average molecular weight is 174 g/mol. The molecule has 0 saturated heterocycles. The highest BCUT2D eigenvalue weighted by atomic mass is 14.1.